The molecular formula is C13H18BrNO3. The fourth-order valence-corrected chi connectivity index (χ4v) is 1.83. The molecule has 1 rings (SSSR count). The highest BCUT2D eigenvalue weighted by molar-refractivity contribution is 9.10. The molecule has 1 aromatic carbocycles. The van der Waals surface area contributed by atoms with E-state index in [0.29, 0.717) is 11.8 Å². The van der Waals surface area contributed by atoms with E-state index in [4.69, 9.17) is 4.74 Å². The normalized spacial score (nSPS) is 10.5. The van der Waals surface area contributed by atoms with Gasteiger partial charge in [-0.2, -0.15) is 0 Å². The van der Waals surface area contributed by atoms with Crippen LogP contribution in [0, 0.1) is 0 Å². The van der Waals surface area contributed by atoms with Gasteiger partial charge >= 0.3 is 5.97 Å². The van der Waals surface area contributed by atoms with Gasteiger partial charge < -0.3 is 14.8 Å². The molecule has 0 aliphatic heterocycles. The predicted octanol–water partition coefficient (Wildman–Crippen LogP) is 2.50. The monoisotopic (exact) mass is 315 g/mol. The summed E-state index contributed by atoms with van der Waals surface area (Å²) in [6, 6.07) is 6.22. The molecule has 0 heterocycles. The molecule has 0 spiro atoms. The molecule has 0 aliphatic rings. The van der Waals surface area contributed by atoms with Crippen molar-refractivity contribution in [2.45, 2.75) is 26.4 Å². The van der Waals surface area contributed by atoms with Crippen molar-refractivity contribution in [1.82, 2.24) is 5.32 Å². The zero-order chi connectivity index (χ0) is 13.5. The molecule has 0 bridgehead atoms. The third-order valence-electron chi connectivity index (χ3n) is 2.28. The summed E-state index contributed by atoms with van der Waals surface area (Å²) in [4.78, 5) is 11.0. The van der Waals surface area contributed by atoms with E-state index in [2.05, 4.69) is 39.8 Å². The Morgan fingerprint density at radius 1 is 1.44 bits per heavy atom. The van der Waals surface area contributed by atoms with Crippen LogP contribution >= 0.6 is 15.9 Å². The standard InChI is InChI=1S/C13H18BrNO3/c1-9(2)15-7-10-4-5-12(11(14)6-10)18-8-13(16)17-3/h4-6,9,15H,7-8H2,1-3H3. The van der Waals surface area contributed by atoms with E-state index in [1.54, 1.807) is 0 Å². The summed E-state index contributed by atoms with van der Waals surface area (Å²) in [6.07, 6.45) is 0. The Balaban J connectivity index is 2.59. The first-order valence-electron chi connectivity index (χ1n) is 5.74. The molecule has 18 heavy (non-hydrogen) atoms. The zero-order valence-electron chi connectivity index (χ0n) is 10.8. The van der Waals surface area contributed by atoms with Gasteiger partial charge in [-0.3, -0.25) is 0 Å². The molecule has 1 aromatic rings. The van der Waals surface area contributed by atoms with E-state index in [9.17, 15) is 4.79 Å². The molecule has 100 valence electrons. The number of carbonyl (C=O) groups excluding carboxylic acids is 1. The van der Waals surface area contributed by atoms with Gasteiger partial charge in [-0.25, -0.2) is 4.79 Å². The highest BCUT2D eigenvalue weighted by Crippen LogP contribution is 2.26. The van der Waals surface area contributed by atoms with Crippen LogP contribution in [0.3, 0.4) is 0 Å². The maximum absolute atomic E-state index is 11.0. The summed E-state index contributed by atoms with van der Waals surface area (Å²) in [6.45, 7) is 4.91. The lowest BCUT2D eigenvalue weighted by Gasteiger charge is -2.11. The van der Waals surface area contributed by atoms with Crippen molar-refractivity contribution in [3.05, 3.63) is 28.2 Å². The van der Waals surface area contributed by atoms with E-state index < -0.39 is 5.97 Å². The SMILES string of the molecule is COC(=O)COc1ccc(CNC(C)C)cc1Br. The number of carbonyl (C=O) groups is 1. The van der Waals surface area contributed by atoms with Gasteiger partial charge in [0.25, 0.3) is 0 Å². The molecule has 5 heteroatoms. The van der Waals surface area contributed by atoms with Crippen LogP contribution in [-0.4, -0.2) is 25.7 Å². The third-order valence-corrected chi connectivity index (χ3v) is 2.90. The van der Waals surface area contributed by atoms with E-state index in [-0.39, 0.29) is 6.61 Å². The molecule has 0 aliphatic carbocycles. The fraction of sp³-hybridized carbons (Fsp3) is 0.462. The van der Waals surface area contributed by atoms with Crippen LogP contribution in [-0.2, 0) is 16.1 Å². The first kappa shape index (κ1) is 15.0. The summed E-state index contributed by atoms with van der Waals surface area (Å²) < 4.78 is 10.7. The molecule has 0 aromatic heterocycles. The van der Waals surface area contributed by atoms with Gasteiger partial charge in [0.1, 0.15) is 5.75 Å². The number of benzene rings is 1. The van der Waals surface area contributed by atoms with Crippen molar-refractivity contribution < 1.29 is 14.3 Å². The largest absolute Gasteiger partial charge is 0.481 e. The Morgan fingerprint density at radius 3 is 2.72 bits per heavy atom. The molecule has 0 unspecified atom stereocenters. The first-order chi connectivity index (χ1) is 8.52. The van der Waals surface area contributed by atoms with Crippen LogP contribution in [0.2, 0.25) is 0 Å². The molecule has 0 saturated heterocycles. The van der Waals surface area contributed by atoms with Gasteiger partial charge in [-0.15, -0.1) is 0 Å². The number of nitrogens with one attached hydrogen (secondary N) is 1. The lowest BCUT2D eigenvalue weighted by molar-refractivity contribution is -0.142. The highest BCUT2D eigenvalue weighted by atomic mass is 79.9. The second-order valence-electron chi connectivity index (χ2n) is 4.17. The molecule has 0 saturated carbocycles. The number of methoxy groups -OCH3 is 1. The van der Waals surface area contributed by atoms with Gasteiger partial charge in [0.15, 0.2) is 6.61 Å². The number of hydrogen-bond donors (Lipinski definition) is 1. The maximum atomic E-state index is 11.0. The van der Waals surface area contributed by atoms with E-state index in [1.165, 1.54) is 7.11 Å². The van der Waals surface area contributed by atoms with Crippen molar-refractivity contribution in [1.29, 1.82) is 0 Å². The summed E-state index contributed by atoms with van der Waals surface area (Å²) >= 11 is 3.42. The fourth-order valence-electron chi connectivity index (χ4n) is 1.29. The van der Waals surface area contributed by atoms with Gasteiger partial charge in [-0.05, 0) is 33.6 Å². The summed E-state index contributed by atoms with van der Waals surface area (Å²) in [5.41, 5.74) is 1.15. The molecular weight excluding hydrogens is 298 g/mol. The minimum absolute atomic E-state index is 0.0846. The Kier molecular flexibility index (Phi) is 6.15. The average molecular weight is 316 g/mol. The smallest absolute Gasteiger partial charge is 0.343 e. The second kappa shape index (κ2) is 7.38. The molecule has 0 amide bonds. The van der Waals surface area contributed by atoms with Crippen molar-refractivity contribution in [3.63, 3.8) is 0 Å². The van der Waals surface area contributed by atoms with Crippen LogP contribution in [0.1, 0.15) is 19.4 Å². The molecule has 0 radical (unpaired) electrons. The lowest BCUT2D eigenvalue weighted by Crippen LogP contribution is -2.21. The Morgan fingerprint density at radius 2 is 2.17 bits per heavy atom. The average Bonchev–Trinajstić information content (AvgIpc) is 2.34. The van der Waals surface area contributed by atoms with Crippen LogP contribution in [0.15, 0.2) is 22.7 Å². The van der Waals surface area contributed by atoms with Crippen molar-refractivity contribution in [2.75, 3.05) is 13.7 Å². The van der Waals surface area contributed by atoms with Crippen LogP contribution < -0.4 is 10.1 Å². The number of halogens is 1. The second-order valence-corrected chi connectivity index (χ2v) is 5.02. The Labute approximate surface area is 116 Å². The predicted molar refractivity (Wildman–Crippen MR) is 73.6 cm³/mol. The Hall–Kier alpha value is -1.07. The minimum atomic E-state index is -0.396. The first-order valence-corrected chi connectivity index (χ1v) is 6.53. The highest BCUT2D eigenvalue weighted by Gasteiger charge is 2.06. The number of esters is 1. The van der Waals surface area contributed by atoms with E-state index in [1.807, 2.05) is 18.2 Å². The number of rotatable bonds is 6. The number of hydrogen-bond acceptors (Lipinski definition) is 4. The Bertz CT molecular complexity index is 407. The summed E-state index contributed by atoms with van der Waals surface area (Å²) in [5, 5.41) is 3.33. The third kappa shape index (κ3) is 5.06. The summed E-state index contributed by atoms with van der Waals surface area (Å²) in [7, 11) is 1.33. The number of ether oxygens (including phenoxy) is 2. The quantitative estimate of drug-likeness (QED) is 0.819. The van der Waals surface area contributed by atoms with Gasteiger partial charge in [0.2, 0.25) is 0 Å². The van der Waals surface area contributed by atoms with E-state index >= 15 is 0 Å². The van der Waals surface area contributed by atoms with Gasteiger partial charge in [-0.1, -0.05) is 19.9 Å². The van der Waals surface area contributed by atoms with Crippen LogP contribution in [0.25, 0.3) is 0 Å². The van der Waals surface area contributed by atoms with Gasteiger partial charge in [0, 0.05) is 12.6 Å². The van der Waals surface area contributed by atoms with Crippen molar-refractivity contribution in [3.8, 4) is 5.75 Å². The lowest BCUT2D eigenvalue weighted by atomic mass is 10.2. The maximum Gasteiger partial charge on any atom is 0.343 e. The minimum Gasteiger partial charge on any atom is -0.481 e. The zero-order valence-corrected chi connectivity index (χ0v) is 12.4. The van der Waals surface area contributed by atoms with Gasteiger partial charge in [0.05, 0.1) is 11.6 Å². The molecule has 0 fully saturated rings. The topological polar surface area (TPSA) is 47.6 Å². The molecule has 0 atom stereocenters. The van der Waals surface area contributed by atoms with Crippen LogP contribution in [0.5, 0.6) is 5.75 Å². The van der Waals surface area contributed by atoms with Crippen LogP contribution in [0.4, 0.5) is 0 Å². The molecule has 1 N–H and O–H groups in total. The van der Waals surface area contributed by atoms with Crippen molar-refractivity contribution >= 4 is 21.9 Å². The summed E-state index contributed by atoms with van der Waals surface area (Å²) in [5.74, 6) is 0.237. The van der Waals surface area contributed by atoms with Crippen molar-refractivity contribution in [2.24, 2.45) is 0 Å². The molecule has 4 nitrogen and oxygen atoms in total. The van der Waals surface area contributed by atoms with E-state index in [0.717, 1.165) is 16.6 Å².